The number of nitrogens with two attached hydrogens (primary N) is 3. The van der Waals surface area contributed by atoms with Gasteiger partial charge in [-0.25, -0.2) is 5.43 Å². The van der Waals surface area contributed by atoms with Crippen LogP contribution in [0.25, 0.3) is 10.9 Å². The van der Waals surface area contributed by atoms with Crippen molar-refractivity contribution in [2.75, 3.05) is 33.3 Å². The summed E-state index contributed by atoms with van der Waals surface area (Å²) in [6.45, 7) is 9.53. The van der Waals surface area contributed by atoms with Crippen molar-refractivity contribution in [3.8, 4) is 0 Å². The number of H-pyrrole nitrogens is 1. The maximum absolute atomic E-state index is 14.6. The minimum Gasteiger partial charge on any atom is -0.394 e. The second-order valence-electron chi connectivity index (χ2n) is 24.0. The van der Waals surface area contributed by atoms with Gasteiger partial charge in [-0.15, -0.1) is 0 Å². The van der Waals surface area contributed by atoms with E-state index in [1.165, 1.54) is 34.7 Å². The number of aliphatic hydroxyl groups excluding tert-OH is 1. The van der Waals surface area contributed by atoms with Gasteiger partial charge >= 0.3 is 0 Å². The van der Waals surface area contributed by atoms with E-state index in [2.05, 4.69) is 53.4 Å². The third kappa shape index (κ3) is 25.3. The van der Waals surface area contributed by atoms with Crippen molar-refractivity contribution in [3.63, 3.8) is 0 Å². The Balaban J connectivity index is 0.0000102. The fourth-order valence-corrected chi connectivity index (χ4v) is 10.6. The van der Waals surface area contributed by atoms with E-state index in [-0.39, 0.29) is 75.6 Å². The number of fused-ring (bicyclic) bond motifs is 1. The molecule has 2 aromatic carbocycles. The third-order valence-corrected chi connectivity index (χ3v) is 16.0. The molecule has 0 saturated carbocycles. The van der Waals surface area contributed by atoms with Crippen LogP contribution in [-0.4, -0.2) is 155 Å². The van der Waals surface area contributed by atoms with Crippen LogP contribution in [0.15, 0.2) is 72.9 Å². The highest BCUT2D eigenvalue weighted by Crippen LogP contribution is 2.23. The lowest BCUT2D eigenvalue weighted by Crippen LogP contribution is -2.63. The van der Waals surface area contributed by atoms with E-state index >= 15 is 0 Å². The van der Waals surface area contributed by atoms with E-state index in [4.69, 9.17) is 11.6 Å². The van der Waals surface area contributed by atoms with Gasteiger partial charge in [0.15, 0.2) is 5.78 Å². The van der Waals surface area contributed by atoms with Gasteiger partial charge in [-0.2, -0.15) is 0 Å². The molecule has 492 valence electrons. The number of allylic oxidation sites excluding steroid dienone is 2. The van der Waals surface area contributed by atoms with Crippen molar-refractivity contribution in [2.45, 2.75) is 199 Å². The number of hydrazine groups is 1. The molecular weight excluding hydrogens is 1140 g/mol. The summed E-state index contributed by atoms with van der Waals surface area (Å²) in [5, 5.41) is 31.1. The van der Waals surface area contributed by atoms with Crippen molar-refractivity contribution < 1.29 is 57.8 Å². The summed E-state index contributed by atoms with van der Waals surface area (Å²) in [5.74, 6) is -3.70. The van der Waals surface area contributed by atoms with Crippen molar-refractivity contribution in [1.82, 2.24) is 47.6 Å². The van der Waals surface area contributed by atoms with Gasteiger partial charge in [-0.3, -0.25) is 69.2 Å². The van der Waals surface area contributed by atoms with Crippen LogP contribution in [0, 0.1) is 11.8 Å². The number of aliphatic hydroxyl groups is 1. The number of benzene rings is 2. The SMILES string of the molecule is CC(=O)CN[C@]1(C)CCCCCCCCC=CCCC[C@@](C)(C(=O)N[C@@H](CO)C(=O)N[C@@H](C)C(=O)C(=O)[C@H](Cc2ccccc2)NN)NC(=O)[C@H](CC(C)C)CN[C@@H](CCC(N)=O)C(=O)C(=O)C(C)NC(=O)[C@H](Cc2c[nH]c3ccccc23)NCC1=O.CN. The Labute approximate surface area is 523 Å². The van der Waals surface area contributed by atoms with Gasteiger partial charge < -0.3 is 48.1 Å². The predicted octanol–water partition coefficient (Wildman–Crippen LogP) is 2.21. The first-order valence-electron chi connectivity index (χ1n) is 31.1. The van der Waals surface area contributed by atoms with Crippen LogP contribution >= 0.6 is 0 Å². The molecule has 24 heteroatoms. The number of aromatic amines is 1. The van der Waals surface area contributed by atoms with Crippen LogP contribution in [0.5, 0.6) is 0 Å². The van der Waals surface area contributed by atoms with Crippen LogP contribution in [0.4, 0.5) is 0 Å². The zero-order valence-corrected chi connectivity index (χ0v) is 53.4. The Morgan fingerprint density at radius 3 is 2.03 bits per heavy atom. The van der Waals surface area contributed by atoms with Crippen LogP contribution in [0.3, 0.4) is 0 Å². The molecule has 24 nitrogen and oxygen atoms in total. The molecule has 9 atom stereocenters. The number of carbonyl (C=O) groups excluding carboxylic acids is 11. The Kier molecular flexibility index (Phi) is 33.4. The molecule has 0 bridgehead atoms. The molecule has 1 aliphatic heterocycles. The van der Waals surface area contributed by atoms with Crippen LogP contribution in [0.1, 0.15) is 149 Å². The van der Waals surface area contributed by atoms with Crippen LogP contribution in [0.2, 0.25) is 0 Å². The second kappa shape index (κ2) is 39.0. The number of carbonyl (C=O) groups is 11. The number of hydrogen-bond donors (Lipinski definition) is 13. The number of aromatic nitrogens is 1. The molecule has 1 unspecified atom stereocenters. The van der Waals surface area contributed by atoms with Gasteiger partial charge in [0, 0.05) is 30.1 Å². The van der Waals surface area contributed by atoms with E-state index in [9.17, 15) is 57.8 Å². The van der Waals surface area contributed by atoms with Gasteiger partial charge in [-0.1, -0.05) is 107 Å². The Hall–Kier alpha value is -7.19. The summed E-state index contributed by atoms with van der Waals surface area (Å²) in [7, 11) is 1.50. The molecule has 0 radical (unpaired) electrons. The number of amides is 5. The summed E-state index contributed by atoms with van der Waals surface area (Å²) in [6.07, 6.45) is 12.9. The summed E-state index contributed by atoms with van der Waals surface area (Å²) < 4.78 is 0. The average molecular weight is 1240 g/mol. The monoisotopic (exact) mass is 1240 g/mol. The first-order valence-corrected chi connectivity index (χ1v) is 31.1. The van der Waals surface area contributed by atoms with Gasteiger partial charge in [0.25, 0.3) is 0 Å². The quantitative estimate of drug-likeness (QED) is 0.0315. The molecule has 1 aliphatic rings. The molecular formula is C65H100N12O12. The Morgan fingerprint density at radius 2 is 1.39 bits per heavy atom. The second-order valence-corrected chi connectivity index (χ2v) is 24.0. The van der Waals surface area contributed by atoms with Crippen molar-refractivity contribution in [2.24, 2.45) is 29.1 Å². The highest BCUT2D eigenvalue weighted by atomic mass is 16.3. The Bertz CT molecular complexity index is 2860. The van der Waals surface area contributed by atoms with E-state index < -0.39 is 113 Å². The molecule has 0 aliphatic carbocycles. The number of ketones is 6. The van der Waals surface area contributed by atoms with Crippen molar-refractivity contribution in [3.05, 3.63) is 84.1 Å². The smallest absolute Gasteiger partial charge is 0.246 e. The highest BCUT2D eigenvalue weighted by Gasteiger charge is 2.41. The molecule has 2 heterocycles. The minimum atomic E-state index is -1.73. The minimum absolute atomic E-state index is 0.0360. The molecule has 0 spiro atoms. The number of hydrogen-bond acceptors (Lipinski definition) is 18. The average Bonchev–Trinajstić information content (AvgIpc) is 2.28. The maximum Gasteiger partial charge on any atom is 0.246 e. The van der Waals surface area contributed by atoms with Crippen molar-refractivity contribution >= 4 is 75.1 Å². The highest BCUT2D eigenvalue weighted by molar-refractivity contribution is 6.41. The summed E-state index contributed by atoms with van der Waals surface area (Å²) in [5.41, 5.74) is 11.8. The van der Waals surface area contributed by atoms with Gasteiger partial charge in [0.1, 0.15) is 17.4 Å². The topological polar surface area (TPSA) is 398 Å². The molecule has 4 rings (SSSR count). The number of Topliss-reactive ketones (excluding diaryl/α,β-unsaturated/α-hetero) is 6. The van der Waals surface area contributed by atoms with Gasteiger partial charge in [0.05, 0.1) is 61.4 Å². The molecule has 0 fully saturated rings. The first-order chi connectivity index (χ1) is 42.3. The zero-order chi connectivity index (χ0) is 66.3. The zero-order valence-electron chi connectivity index (χ0n) is 53.4. The number of primary amides is 1. The normalized spacial score (nSPS) is 23.1. The first kappa shape index (κ1) is 76.1. The molecule has 1 aromatic heterocycles. The molecule has 89 heavy (non-hydrogen) atoms. The van der Waals surface area contributed by atoms with Crippen LogP contribution < -0.4 is 60.0 Å². The fraction of sp³-hybridized carbons (Fsp3) is 0.585. The van der Waals surface area contributed by atoms with E-state index in [1.807, 2.05) is 50.3 Å². The predicted molar refractivity (Wildman–Crippen MR) is 341 cm³/mol. The van der Waals surface area contributed by atoms with Gasteiger partial charge in [-0.05, 0) is 129 Å². The molecule has 3 aromatic rings. The third-order valence-electron chi connectivity index (χ3n) is 16.0. The lowest BCUT2D eigenvalue weighted by atomic mass is 9.88. The summed E-state index contributed by atoms with van der Waals surface area (Å²) in [6, 6.07) is 8.29. The molecule has 16 N–H and O–H groups in total. The van der Waals surface area contributed by atoms with E-state index in [0.29, 0.717) is 25.7 Å². The standard InChI is InChI=1S/C64H95N11O12.CH5N/c1-40(2)32-46-37-68-49(28-29-54(65)79)57(82)55(80)42(4)71-60(85)51(34-45-36-67-48-27-21-20-26-47(45)48)69-38-53(78)63(6,70-35-41(3)77)30-22-15-13-11-9-8-10-12-14-16-23-31-64(7,74-59(46)84)62(87)73-52(39-76)61(86)72-43(5)56(81)58(83)50(75-66)33-44-24-18-17-19-25-44;1-2/h12,14,17-21,24-27,36,40,42-43,46,49-52,67-70,75-76H,8-11,13,15-16,22-23,28-35,37-39,66H2,1-7H3,(H2,65,79)(H,71,85)(H,72,86)(H,73,87)(H,74,84);2H2,1H3/t42?,43-,46+,49-,50-,51-,52-,63+,64-;/m0./s1. The fourth-order valence-electron chi connectivity index (χ4n) is 10.6. The van der Waals surface area contributed by atoms with E-state index in [0.717, 1.165) is 60.6 Å². The van der Waals surface area contributed by atoms with Crippen LogP contribution in [-0.2, 0) is 65.6 Å². The van der Waals surface area contributed by atoms with E-state index in [1.54, 1.807) is 43.5 Å². The van der Waals surface area contributed by atoms with Gasteiger partial charge in [0.2, 0.25) is 52.7 Å². The summed E-state index contributed by atoms with van der Waals surface area (Å²) >= 11 is 0. The lowest BCUT2D eigenvalue weighted by molar-refractivity contribution is -0.141. The maximum atomic E-state index is 14.6. The van der Waals surface area contributed by atoms with Crippen molar-refractivity contribution in [1.29, 1.82) is 0 Å². The largest absolute Gasteiger partial charge is 0.394 e. The Morgan fingerprint density at radius 1 is 0.753 bits per heavy atom. The number of para-hydroxylation sites is 1. The number of rotatable bonds is 21. The molecule has 5 amide bonds. The number of nitrogens with one attached hydrogen (secondary N) is 9. The molecule has 0 saturated heterocycles. The summed E-state index contributed by atoms with van der Waals surface area (Å²) in [4.78, 5) is 154. The lowest BCUT2D eigenvalue weighted by Gasteiger charge is -2.33.